The van der Waals surface area contributed by atoms with E-state index in [-0.39, 0.29) is 28.4 Å². The van der Waals surface area contributed by atoms with Crippen molar-refractivity contribution in [1.29, 1.82) is 0 Å². The minimum absolute atomic E-state index is 0.0302. The van der Waals surface area contributed by atoms with Gasteiger partial charge in [0.15, 0.2) is 5.65 Å². The van der Waals surface area contributed by atoms with Gasteiger partial charge in [-0.05, 0) is 26.0 Å². The highest BCUT2D eigenvalue weighted by Crippen LogP contribution is 2.28. The van der Waals surface area contributed by atoms with Gasteiger partial charge in [-0.1, -0.05) is 11.6 Å². The standard InChI is InChI=1S/C19H16ClFN2O4S/c1-3-26-13-7-10(5-6-14(13)28)23-9-11(19(25)27-4-2)17(24)16-12(21)8-15(20)22-18(16)23/h5-9,28H,3-4H2,1-2H3. The summed E-state index contributed by atoms with van der Waals surface area (Å²) in [4.78, 5) is 29.7. The number of rotatable bonds is 5. The highest BCUT2D eigenvalue weighted by Gasteiger charge is 2.21. The van der Waals surface area contributed by atoms with E-state index in [0.29, 0.717) is 22.9 Å². The summed E-state index contributed by atoms with van der Waals surface area (Å²) in [5.74, 6) is -1.25. The molecule has 6 nitrogen and oxygen atoms in total. The third-order valence-electron chi connectivity index (χ3n) is 3.90. The maximum Gasteiger partial charge on any atom is 0.343 e. The molecule has 3 rings (SSSR count). The van der Waals surface area contributed by atoms with Gasteiger partial charge in [-0.2, -0.15) is 0 Å². The zero-order valence-corrected chi connectivity index (χ0v) is 16.7. The number of fused-ring (bicyclic) bond motifs is 1. The summed E-state index contributed by atoms with van der Waals surface area (Å²) in [7, 11) is 0. The van der Waals surface area contributed by atoms with Gasteiger partial charge < -0.3 is 9.47 Å². The number of esters is 1. The molecule has 0 saturated carbocycles. The molecule has 28 heavy (non-hydrogen) atoms. The lowest BCUT2D eigenvalue weighted by Crippen LogP contribution is -2.22. The normalized spacial score (nSPS) is 10.9. The van der Waals surface area contributed by atoms with E-state index in [0.717, 1.165) is 6.07 Å². The third-order valence-corrected chi connectivity index (χ3v) is 4.46. The van der Waals surface area contributed by atoms with Crippen LogP contribution >= 0.6 is 24.2 Å². The molecule has 3 aromatic rings. The van der Waals surface area contributed by atoms with Crippen molar-refractivity contribution in [2.24, 2.45) is 0 Å². The fourth-order valence-corrected chi connectivity index (χ4v) is 3.10. The number of pyridine rings is 2. The maximum absolute atomic E-state index is 14.6. The van der Waals surface area contributed by atoms with E-state index in [1.165, 1.54) is 10.8 Å². The Hall–Kier alpha value is -2.58. The average Bonchev–Trinajstić information content (AvgIpc) is 2.64. The molecule has 0 aliphatic heterocycles. The molecule has 0 atom stereocenters. The SMILES string of the molecule is CCOC(=O)c1cn(-c2ccc(S)c(OCC)c2)c2nc(Cl)cc(F)c2c1=O. The van der Waals surface area contributed by atoms with Crippen LogP contribution in [0.5, 0.6) is 5.75 Å². The van der Waals surface area contributed by atoms with Crippen LogP contribution in [0.4, 0.5) is 4.39 Å². The molecule has 0 spiro atoms. The van der Waals surface area contributed by atoms with Crippen molar-refractivity contribution < 1.29 is 18.7 Å². The number of aromatic nitrogens is 2. The Bertz CT molecular complexity index is 1130. The number of nitrogens with zero attached hydrogens (tertiary/aromatic N) is 2. The number of carbonyl (C=O) groups is 1. The van der Waals surface area contributed by atoms with Crippen molar-refractivity contribution in [3.63, 3.8) is 0 Å². The van der Waals surface area contributed by atoms with E-state index < -0.39 is 17.2 Å². The molecule has 2 heterocycles. The predicted molar refractivity (Wildman–Crippen MR) is 107 cm³/mol. The quantitative estimate of drug-likeness (QED) is 0.381. The Morgan fingerprint density at radius 1 is 1.29 bits per heavy atom. The lowest BCUT2D eigenvalue weighted by atomic mass is 10.1. The van der Waals surface area contributed by atoms with Crippen molar-refractivity contribution >= 4 is 41.2 Å². The van der Waals surface area contributed by atoms with E-state index in [4.69, 9.17) is 21.1 Å². The Balaban J connectivity index is 2.38. The average molecular weight is 423 g/mol. The maximum atomic E-state index is 14.6. The fraction of sp³-hybridized carbons (Fsp3) is 0.211. The van der Waals surface area contributed by atoms with Crippen molar-refractivity contribution in [3.8, 4) is 11.4 Å². The first-order valence-electron chi connectivity index (χ1n) is 8.42. The molecular weight excluding hydrogens is 407 g/mol. The van der Waals surface area contributed by atoms with Gasteiger partial charge in [0.1, 0.15) is 27.7 Å². The summed E-state index contributed by atoms with van der Waals surface area (Å²) in [5.41, 5.74) is -0.684. The van der Waals surface area contributed by atoms with Gasteiger partial charge in [-0.3, -0.25) is 9.36 Å². The van der Waals surface area contributed by atoms with Crippen LogP contribution in [0.2, 0.25) is 5.15 Å². The second kappa shape index (κ2) is 8.20. The summed E-state index contributed by atoms with van der Waals surface area (Å²) in [6, 6.07) is 5.92. The molecule has 0 saturated heterocycles. The lowest BCUT2D eigenvalue weighted by Gasteiger charge is -2.15. The minimum atomic E-state index is -0.879. The van der Waals surface area contributed by atoms with Gasteiger partial charge in [-0.15, -0.1) is 12.6 Å². The van der Waals surface area contributed by atoms with Crippen LogP contribution in [-0.4, -0.2) is 28.7 Å². The summed E-state index contributed by atoms with van der Waals surface area (Å²) < 4.78 is 26.4. The third kappa shape index (κ3) is 3.70. The van der Waals surface area contributed by atoms with E-state index in [1.54, 1.807) is 25.1 Å². The number of thiol groups is 1. The molecule has 146 valence electrons. The molecule has 9 heteroatoms. The minimum Gasteiger partial charge on any atom is -0.493 e. The monoisotopic (exact) mass is 422 g/mol. The van der Waals surface area contributed by atoms with Crippen LogP contribution in [-0.2, 0) is 4.74 Å². The van der Waals surface area contributed by atoms with E-state index in [1.807, 2.05) is 6.92 Å². The summed E-state index contributed by atoms with van der Waals surface area (Å²) in [5, 5.41) is -0.485. The lowest BCUT2D eigenvalue weighted by molar-refractivity contribution is 0.0524. The molecule has 1 aromatic carbocycles. The van der Waals surface area contributed by atoms with Gasteiger partial charge in [0.05, 0.1) is 18.9 Å². The first-order chi connectivity index (χ1) is 13.4. The Labute approximate surface area is 170 Å². The van der Waals surface area contributed by atoms with Gasteiger partial charge in [-0.25, -0.2) is 14.2 Å². The zero-order valence-electron chi connectivity index (χ0n) is 15.0. The number of carbonyl (C=O) groups excluding carboxylic acids is 1. The zero-order chi connectivity index (χ0) is 20.4. The number of benzene rings is 1. The van der Waals surface area contributed by atoms with Crippen molar-refractivity contribution in [1.82, 2.24) is 9.55 Å². The summed E-state index contributed by atoms with van der Waals surface area (Å²) >= 11 is 10.2. The molecule has 0 aliphatic carbocycles. The Morgan fingerprint density at radius 3 is 2.71 bits per heavy atom. The van der Waals surface area contributed by atoms with Crippen LogP contribution in [0.25, 0.3) is 16.7 Å². The van der Waals surface area contributed by atoms with E-state index >= 15 is 0 Å². The van der Waals surface area contributed by atoms with E-state index in [2.05, 4.69) is 17.6 Å². The molecule has 0 unspecified atom stereocenters. The van der Waals surface area contributed by atoms with Crippen LogP contribution in [0.3, 0.4) is 0 Å². The number of ether oxygens (including phenoxy) is 2. The van der Waals surface area contributed by atoms with Crippen molar-refractivity contribution in [2.75, 3.05) is 13.2 Å². The molecule has 0 aliphatic rings. The van der Waals surface area contributed by atoms with Crippen LogP contribution in [0, 0.1) is 5.82 Å². The van der Waals surface area contributed by atoms with Gasteiger partial charge >= 0.3 is 5.97 Å². The fourth-order valence-electron chi connectivity index (χ4n) is 2.72. The van der Waals surface area contributed by atoms with Gasteiger partial charge in [0.25, 0.3) is 0 Å². The van der Waals surface area contributed by atoms with Gasteiger partial charge in [0, 0.05) is 23.2 Å². The largest absolute Gasteiger partial charge is 0.493 e. The van der Waals surface area contributed by atoms with Crippen molar-refractivity contribution in [3.05, 3.63) is 57.2 Å². The topological polar surface area (TPSA) is 70.4 Å². The Morgan fingerprint density at radius 2 is 2.04 bits per heavy atom. The molecule has 0 N–H and O–H groups in total. The molecular formula is C19H16ClFN2O4S. The smallest absolute Gasteiger partial charge is 0.343 e. The number of hydrogen-bond donors (Lipinski definition) is 1. The Kier molecular flexibility index (Phi) is 5.90. The molecule has 0 bridgehead atoms. The van der Waals surface area contributed by atoms with E-state index in [9.17, 15) is 14.0 Å². The first kappa shape index (κ1) is 20.2. The second-order valence-electron chi connectivity index (χ2n) is 5.67. The van der Waals surface area contributed by atoms with Crippen molar-refractivity contribution in [2.45, 2.75) is 18.7 Å². The highest BCUT2D eigenvalue weighted by molar-refractivity contribution is 7.80. The van der Waals surface area contributed by atoms with Gasteiger partial charge in [0.2, 0.25) is 5.43 Å². The predicted octanol–water partition coefficient (Wildman–Crippen LogP) is 4.04. The highest BCUT2D eigenvalue weighted by atomic mass is 35.5. The molecule has 2 aromatic heterocycles. The molecule has 0 fully saturated rings. The van der Waals surface area contributed by atoms with Crippen LogP contribution < -0.4 is 10.2 Å². The summed E-state index contributed by atoms with van der Waals surface area (Å²) in [6.45, 7) is 3.92. The van der Waals surface area contributed by atoms with Crippen LogP contribution in [0.15, 0.2) is 40.2 Å². The first-order valence-corrected chi connectivity index (χ1v) is 9.24. The summed E-state index contributed by atoms with van der Waals surface area (Å²) in [6.07, 6.45) is 1.26. The number of hydrogen-bond acceptors (Lipinski definition) is 6. The molecule has 0 radical (unpaired) electrons. The molecule has 0 amide bonds. The number of halogens is 2. The van der Waals surface area contributed by atoms with Crippen LogP contribution in [0.1, 0.15) is 24.2 Å². The second-order valence-corrected chi connectivity index (χ2v) is 6.54.